The van der Waals surface area contributed by atoms with Gasteiger partial charge in [-0.2, -0.15) is 0 Å². The molecule has 2 N–H and O–H groups in total. The zero-order chi connectivity index (χ0) is 14.5. The maximum atomic E-state index is 6.36. The molecule has 0 amide bonds. The van der Waals surface area contributed by atoms with Gasteiger partial charge >= 0.3 is 0 Å². The number of anilines is 1. The molecule has 2 aromatic rings. The molecule has 3 rings (SSSR count). The maximum Gasteiger partial charge on any atom is 0.142 e. The number of rotatable bonds is 4. The molecule has 0 saturated heterocycles. The Morgan fingerprint density at radius 1 is 1.05 bits per heavy atom. The number of para-hydroxylation sites is 2. The van der Waals surface area contributed by atoms with Gasteiger partial charge in [-0.15, -0.1) is 0 Å². The Morgan fingerprint density at radius 2 is 1.81 bits per heavy atom. The summed E-state index contributed by atoms with van der Waals surface area (Å²) in [6.45, 7) is 2.64. The number of hydrogen-bond acceptors (Lipinski definition) is 3. The van der Waals surface area contributed by atoms with Gasteiger partial charge in [-0.05, 0) is 30.5 Å². The highest BCUT2D eigenvalue weighted by Crippen LogP contribution is 2.30. The summed E-state index contributed by atoms with van der Waals surface area (Å²) in [6.07, 6.45) is 1.94. The van der Waals surface area contributed by atoms with E-state index in [2.05, 4.69) is 41.3 Å². The van der Waals surface area contributed by atoms with E-state index < -0.39 is 0 Å². The molecule has 1 atom stereocenters. The fraction of sp³-hybridized carbons (Fsp3) is 0.333. The van der Waals surface area contributed by atoms with Crippen LogP contribution in [0.15, 0.2) is 54.6 Å². The molecule has 0 radical (unpaired) electrons. The van der Waals surface area contributed by atoms with E-state index in [-0.39, 0.29) is 6.04 Å². The molecule has 3 heteroatoms. The predicted molar refractivity (Wildman–Crippen MR) is 86.9 cm³/mol. The van der Waals surface area contributed by atoms with Crippen molar-refractivity contribution in [1.82, 2.24) is 0 Å². The first-order valence-corrected chi connectivity index (χ1v) is 7.59. The quantitative estimate of drug-likeness (QED) is 0.937. The summed E-state index contributed by atoms with van der Waals surface area (Å²) in [6, 6.07) is 18.8. The molecule has 3 nitrogen and oxygen atoms in total. The van der Waals surface area contributed by atoms with E-state index in [1.165, 1.54) is 11.3 Å². The largest absolute Gasteiger partial charge is 0.491 e. The number of hydrogen-bond donors (Lipinski definition) is 1. The van der Waals surface area contributed by atoms with Crippen LogP contribution >= 0.6 is 0 Å². The predicted octanol–water partition coefficient (Wildman–Crippen LogP) is 2.85. The minimum Gasteiger partial charge on any atom is -0.491 e. The van der Waals surface area contributed by atoms with Crippen LogP contribution in [-0.4, -0.2) is 25.7 Å². The van der Waals surface area contributed by atoms with Gasteiger partial charge in [0.1, 0.15) is 5.75 Å². The zero-order valence-corrected chi connectivity index (χ0v) is 12.2. The molecule has 0 aliphatic carbocycles. The molecule has 0 fully saturated rings. The van der Waals surface area contributed by atoms with Crippen LogP contribution in [0.1, 0.15) is 12.0 Å². The van der Waals surface area contributed by atoms with E-state index in [9.17, 15) is 0 Å². The van der Waals surface area contributed by atoms with Gasteiger partial charge in [0, 0.05) is 19.1 Å². The Hall–Kier alpha value is -2.00. The van der Waals surface area contributed by atoms with Crippen LogP contribution in [-0.2, 0) is 6.42 Å². The highest BCUT2D eigenvalue weighted by atomic mass is 16.5. The standard InChI is InChI=1S/C18H22N2O/c19-16(13-15-7-2-1-3-8-15)14-20-11-6-12-21-18-10-5-4-9-17(18)20/h1-5,7-10,16H,6,11-14,19H2. The van der Waals surface area contributed by atoms with Crippen molar-refractivity contribution in [3.63, 3.8) is 0 Å². The van der Waals surface area contributed by atoms with E-state index in [0.29, 0.717) is 0 Å². The van der Waals surface area contributed by atoms with E-state index >= 15 is 0 Å². The summed E-state index contributed by atoms with van der Waals surface area (Å²) < 4.78 is 5.80. The third kappa shape index (κ3) is 3.56. The Morgan fingerprint density at radius 3 is 2.67 bits per heavy atom. The Balaban J connectivity index is 1.69. The lowest BCUT2D eigenvalue weighted by molar-refractivity contribution is 0.322. The van der Waals surface area contributed by atoms with Crippen molar-refractivity contribution in [2.75, 3.05) is 24.6 Å². The molecule has 1 aliphatic heterocycles. The number of benzene rings is 2. The van der Waals surface area contributed by atoms with E-state index in [1.807, 2.05) is 18.2 Å². The van der Waals surface area contributed by atoms with Crippen LogP contribution in [0.3, 0.4) is 0 Å². The van der Waals surface area contributed by atoms with Gasteiger partial charge in [0.15, 0.2) is 0 Å². The minimum atomic E-state index is 0.124. The molecule has 110 valence electrons. The first-order chi connectivity index (χ1) is 10.3. The van der Waals surface area contributed by atoms with E-state index in [1.54, 1.807) is 0 Å². The summed E-state index contributed by atoms with van der Waals surface area (Å²) in [7, 11) is 0. The van der Waals surface area contributed by atoms with Crippen LogP contribution in [0.2, 0.25) is 0 Å². The number of nitrogens with two attached hydrogens (primary N) is 1. The molecule has 1 aliphatic rings. The molecule has 1 heterocycles. The van der Waals surface area contributed by atoms with Crippen molar-refractivity contribution < 1.29 is 4.74 Å². The first-order valence-electron chi connectivity index (χ1n) is 7.59. The number of ether oxygens (including phenoxy) is 1. The minimum absolute atomic E-state index is 0.124. The highest BCUT2D eigenvalue weighted by molar-refractivity contribution is 5.59. The lowest BCUT2D eigenvalue weighted by Gasteiger charge is -2.27. The van der Waals surface area contributed by atoms with Crippen molar-refractivity contribution in [2.45, 2.75) is 18.9 Å². The smallest absolute Gasteiger partial charge is 0.142 e. The lowest BCUT2D eigenvalue weighted by Crippen LogP contribution is -2.39. The average Bonchev–Trinajstić information content (AvgIpc) is 2.71. The second-order valence-corrected chi connectivity index (χ2v) is 5.57. The molecule has 1 unspecified atom stereocenters. The zero-order valence-electron chi connectivity index (χ0n) is 12.2. The molecule has 21 heavy (non-hydrogen) atoms. The van der Waals surface area contributed by atoms with Crippen molar-refractivity contribution in [3.05, 3.63) is 60.2 Å². The highest BCUT2D eigenvalue weighted by Gasteiger charge is 2.18. The first kappa shape index (κ1) is 14.0. The van der Waals surface area contributed by atoms with Gasteiger partial charge in [-0.3, -0.25) is 0 Å². The van der Waals surface area contributed by atoms with Crippen molar-refractivity contribution in [1.29, 1.82) is 0 Å². The summed E-state index contributed by atoms with van der Waals surface area (Å²) in [5.74, 6) is 0.974. The van der Waals surface area contributed by atoms with Crippen LogP contribution in [0.4, 0.5) is 5.69 Å². The molecule has 2 aromatic carbocycles. The van der Waals surface area contributed by atoms with Crippen molar-refractivity contribution in [2.24, 2.45) is 5.73 Å². The fourth-order valence-electron chi connectivity index (χ4n) is 2.85. The van der Waals surface area contributed by atoms with Crippen LogP contribution in [0.5, 0.6) is 5.75 Å². The van der Waals surface area contributed by atoms with Crippen LogP contribution in [0.25, 0.3) is 0 Å². The van der Waals surface area contributed by atoms with Gasteiger partial charge in [0.05, 0.1) is 12.3 Å². The van der Waals surface area contributed by atoms with Crippen molar-refractivity contribution in [3.8, 4) is 5.75 Å². The van der Waals surface area contributed by atoms with Gasteiger partial charge in [-0.1, -0.05) is 42.5 Å². The van der Waals surface area contributed by atoms with Crippen molar-refractivity contribution >= 4 is 5.69 Å². The van der Waals surface area contributed by atoms with Crippen LogP contribution in [0, 0.1) is 0 Å². The fourth-order valence-corrected chi connectivity index (χ4v) is 2.85. The Labute approximate surface area is 126 Å². The SMILES string of the molecule is NC(Cc1ccccc1)CN1CCCOc2ccccc21. The normalized spacial score (nSPS) is 15.8. The topological polar surface area (TPSA) is 38.5 Å². The number of fused-ring (bicyclic) bond motifs is 1. The molecule has 0 bridgehead atoms. The van der Waals surface area contributed by atoms with Gasteiger partial charge < -0.3 is 15.4 Å². The van der Waals surface area contributed by atoms with E-state index in [0.717, 1.165) is 38.3 Å². The summed E-state index contributed by atoms with van der Waals surface area (Å²) in [4.78, 5) is 2.36. The Bertz CT molecular complexity index is 570. The molecular weight excluding hydrogens is 260 g/mol. The second kappa shape index (κ2) is 6.64. The molecule has 0 spiro atoms. The average molecular weight is 282 g/mol. The van der Waals surface area contributed by atoms with Gasteiger partial charge in [0.25, 0.3) is 0 Å². The monoisotopic (exact) mass is 282 g/mol. The summed E-state index contributed by atoms with van der Waals surface area (Å²) >= 11 is 0. The Kier molecular flexibility index (Phi) is 4.41. The molecule has 0 saturated carbocycles. The summed E-state index contributed by atoms with van der Waals surface area (Å²) in [5, 5.41) is 0. The molecule has 0 aromatic heterocycles. The van der Waals surface area contributed by atoms with E-state index in [4.69, 9.17) is 10.5 Å². The maximum absolute atomic E-state index is 6.36. The van der Waals surface area contributed by atoms with Crippen LogP contribution < -0.4 is 15.4 Å². The second-order valence-electron chi connectivity index (χ2n) is 5.57. The van der Waals surface area contributed by atoms with Gasteiger partial charge in [0.2, 0.25) is 0 Å². The molecular formula is C18H22N2O. The lowest BCUT2D eigenvalue weighted by atomic mass is 10.1. The third-order valence-electron chi connectivity index (χ3n) is 3.83. The third-order valence-corrected chi connectivity index (χ3v) is 3.83. The summed E-state index contributed by atoms with van der Waals surface area (Å²) in [5.41, 5.74) is 8.82. The van der Waals surface area contributed by atoms with Gasteiger partial charge in [-0.25, -0.2) is 0 Å². The number of nitrogens with zero attached hydrogens (tertiary/aromatic N) is 1.